The minimum atomic E-state index is -0.420. The van der Waals surface area contributed by atoms with Gasteiger partial charge in [0.05, 0.1) is 29.6 Å². The molecule has 0 radical (unpaired) electrons. The summed E-state index contributed by atoms with van der Waals surface area (Å²) in [7, 11) is 0. The molecule has 2 rings (SSSR count). The zero-order valence-electron chi connectivity index (χ0n) is 11.7. The number of hydrogen-bond acceptors (Lipinski definition) is 4. The highest BCUT2D eigenvalue weighted by molar-refractivity contribution is 7.09. The fourth-order valence-corrected chi connectivity index (χ4v) is 2.60. The Morgan fingerprint density at radius 3 is 2.70 bits per heavy atom. The summed E-state index contributed by atoms with van der Waals surface area (Å²) in [6, 6.07) is 6.30. The normalized spacial score (nSPS) is 11.2. The van der Waals surface area contributed by atoms with Gasteiger partial charge in [-0.2, -0.15) is 5.26 Å². The average molecular weight is 289 g/mol. The Balaban J connectivity index is 2.06. The topological polar surface area (TPSA) is 48.7 Å². The predicted molar refractivity (Wildman–Crippen MR) is 79.3 cm³/mol. The lowest BCUT2D eigenvalue weighted by molar-refractivity contribution is 0.571. The highest BCUT2D eigenvalue weighted by atomic mass is 32.1. The van der Waals surface area contributed by atoms with Crippen LogP contribution >= 0.6 is 11.3 Å². The van der Waals surface area contributed by atoms with Crippen molar-refractivity contribution >= 4 is 17.0 Å². The second-order valence-electron chi connectivity index (χ2n) is 5.54. The monoisotopic (exact) mass is 289 g/mol. The smallest absolute Gasteiger partial charge is 0.147 e. The summed E-state index contributed by atoms with van der Waals surface area (Å²) in [5, 5.41) is 14.7. The Morgan fingerprint density at radius 2 is 2.15 bits per heavy atom. The van der Waals surface area contributed by atoms with Crippen LogP contribution in [0.3, 0.4) is 0 Å². The third-order valence-corrected chi connectivity index (χ3v) is 3.70. The summed E-state index contributed by atoms with van der Waals surface area (Å²) in [6.07, 6.45) is 0. The second-order valence-corrected chi connectivity index (χ2v) is 6.48. The van der Waals surface area contributed by atoms with E-state index in [0.29, 0.717) is 17.8 Å². The lowest BCUT2D eigenvalue weighted by Gasteiger charge is -2.14. The van der Waals surface area contributed by atoms with Gasteiger partial charge in [-0.05, 0) is 18.2 Å². The second kappa shape index (κ2) is 5.59. The largest absolute Gasteiger partial charge is 0.376 e. The van der Waals surface area contributed by atoms with Crippen molar-refractivity contribution in [3.05, 3.63) is 45.7 Å². The van der Waals surface area contributed by atoms with E-state index in [1.807, 2.05) is 11.4 Å². The first-order valence-electron chi connectivity index (χ1n) is 6.28. The number of aromatic nitrogens is 1. The molecule has 1 heterocycles. The van der Waals surface area contributed by atoms with Crippen LogP contribution in [0.5, 0.6) is 0 Å². The van der Waals surface area contributed by atoms with Crippen molar-refractivity contribution in [2.75, 3.05) is 5.32 Å². The van der Waals surface area contributed by atoms with Crippen LogP contribution in [-0.2, 0) is 12.0 Å². The molecule has 0 amide bonds. The fraction of sp³-hybridized carbons (Fsp3) is 0.333. The van der Waals surface area contributed by atoms with Gasteiger partial charge in [0.1, 0.15) is 10.8 Å². The number of benzene rings is 1. The van der Waals surface area contributed by atoms with Crippen LogP contribution in [0.1, 0.15) is 37.0 Å². The molecule has 0 spiro atoms. The summed E-state index contributed by atoms with van der Waals surface area (Å²) in [5.74, 6) is -0.420. The van der Waals surface area contributed by atoms with Gasteiger partial charge >= 0.3 is 0 Å². The van der Waals surface area contributed by atoms with Crippen molar-refractivity contribution in [2.45, 2.75) is 32.7 Å². The maximum Gasteiger partial charge on any atom is 0.147 e. The molecular formula is C15H16FN3S. The summed E-state index contributed by atoms with van der Waals surface area (Å²) >= 11 is 1.56. The van der Waals surface area contributed by atoms with Crippen molar-refractivity contribution in [1.82, 2.24) is 4.98 Å². The van der Waals surface area contributed by atoms with E-state index in [2.05, 4.69) is 31.1 Å². The van der Waals surface area contributed by atoms with Gasteiger partial charge in [-0.3, -0.25) is 0 Å². The molecular weight excluding hydrogens is 273 g/mol. The average Bonchev–Trinajstić information content (AvgIpc) is 2.86. The van der Waals surface area contributed by atoms with Gasteiger partial charge < -0.3 is 5.32 Å². The van der Waals surface area contributed by atoms with E-state index in [9.17, 15) is 4.39 Å². The SMILES string of the molecule is CC(C)(C)c1csc(CNc2ccc(C#N)cc2F)n1. The van der Waals surface area contributed by atoms with Gasteiger partial charge in [-0.25, -0.2) is 9.37 Å². The molecule has 0 saturated carbocycles. The molecule has 0 bridgehead atoms. The zero-order valence-corrected chi connectivity index (χ0v) is 12.5. The number of nitrogens with zero attached hydrogens (tertiary/aromatic N) is 2. The molecule has 1 N–H and O–H groups in total. The van der Waals surface area contributed by atoms with Crippen LogP contribution in [0.2, 0.25) is 0 Å². The van der Waals surface area contributed by atoms with Crippen molar-refractivity contribution in [1.29, 1.82) is 5.26 Å². The third kappa shape index (κ3) is 3.34. The van der Waals surface area contributed by atoms with E-state index < -0.39 is 5.82 Å². The highest BCUT2D eigenvalue weighted by Crippen LogP contribution is 2.24. The molecule has 0 atom stereocenters. The van der Waals surface area contributed by atoms with Crippen molar-refractivity contribution in [3.63, 3.8) is 0 Å². The van der Waals surface area contributed by atoms with E-state index in [1.54, 1.807) is 23.5 Å². The van der Waals surface area contributed by atoms with Gasteiger partial charge in [0.15, 0.2) is 0 Å². The van der Waals surface area contributed by atoms with Crippen molar-refractivity contribution in [3.8, 4) is 6.07 Å². The molecule has 20 heavy (non-hydrogen) atoms. The van der Waals surface area contributed by atoms with Gasteiger partial charge in [-0.1, -0.05) is 20.8 Å². The number of hydrogen-bond donors (Lipinski definition) is 1. The number of thiazole rings is 1. The molecule has 0 fully saturated rings. The molecule has 0 aliphatic heterocycles. The number of rotatable bonds is 3. The first-order valence-corrected chi connectivity index (χ1v) is 7.16. The van der Waals surface area contributed by atoms with Crippen LogP contribution < -0.4 is 5.32 Å². The lowest BCUT2D eigenvalue weighted by Crippen LogP contribution is -2.12. The zero-order chi connectivity index (χ0) is 14.8. The standard InChI is InChI=1S/C15H16FN3S/c1-15(2,3)13-9-20-14(19-13)8-18-12-5-4-10(7-17)6-11(12)16/h4-6,9,18H,8H2,1-3H3. The number of nitrogens with one attached hydrogen (secondary N) is 1. The Labute approximate surface area is 122 Å². The van der Waals surface area contributed by atoms with Crippen LogP contribution in [-0.4, -0.2) is 4.98 Å². The Morgan fingerprint density at radius 1 is 1.40 bits per heavy atom. The summed E-state index contributed by atoms with van der Waals surface area (Å²) in [5.41, 5.74) is 1.77. The molecule has 3 nitrogen and oxygen atoms in total. The molecule has 0 unspecified atom stereocenters. The number of nitriles is 1. The predicted octanol–water partition coefficient (Wildman–Crippen LogP) is 4.06. The molecule has 1 aromatic heterocycles. The van der Waals surface area contributed by atoms with Gasteiger partial charge in [-0.15, -0.1) is 11.3 Å². The molecule has 2 aromatic rings. The fourth-order valence-electron chi connectivity index (χ4n) is 1.64. The Kier molecular flexibility index (Phi) is 4.05. The Hall–Kier alpha value is -1.93. The van der Waals surface area contributed by atoms with E-state index in [1.165, 1.54) is 6.07 Å². The summed E-state index contributed by atoms with van der Waals surface area (Å²) in [4.78, 5) is 4.54. The highest BCUT2D eigenvalue weighted by Gasteiger charge is 2.17. The summed E-state index contributed by atoms with van der Waals surface area (Å²) < 4.78 is 13.7. The first-order chi connectivity index (χ1) is 9.40. The van der Waals surface area contributed by atoms with Crippen LogP contribution in [0.15, 0.2) is 23.6 Å². The maximum atomic E-state index is 13.7. The van der Waals surface area contributed by atoms with E-state index >= 15 is 0 Å². The quantitative estimate of drug-likeness (QED) is 0.926. The van der Waals surface area contributed by atoms with E-state index in [-0.39, 0.29) is 5.41 Å². The molecule has 104 valence electrons. The Bertz CT molecular complexity index is 650. The summed E-state index contributed by atoms with van der Waals surface area (Å²) in [6.45, 7) is 6.81. The van der Waals surface area contributed by atoms with Gasteiger partial charge in [0.25, 0.3) is 0 Å². The van der Waals surface area contributed by atoms with Crippen LogP contribution in [0.4, 0.5) is 10.1 Å². The molecule has 1 aromatic carbocycles. The number of halogens is 1. The van der Waals surface area contributed by atoms with E-state index in [0.717, 1.165) is 10.7 Å². The number of anilines is 1. The van der Waals surface area contributed by atoms with Crippen LogP contribution in [0.25, 0.3) is 0 Å². The first kappa shape index (κ1) is 14.5. The molecule has 0 aliphatic rings. The lowest BCUT2D eigenvalue weighted by atomic mass is 9.93. The molecule has 5 heteroatoms. The minimum Gasteiger partial charge on any atom is -0.376 e. The van der Waals surface area contributed by atoms with Crippen molar-refractivity contribution < 1.29 is 4.39 Å². The van der Waals surface area contributed by atoms with E-state index in [4.69, 9.17) is 5.26 Å². The van der Waals surface area contributed by atoms with Gasteiger partial charge in [0.2, 0.25) is 0 Å². The third-order valence-electron chi connectivity index (χ3n) is 2.85. The van der Waals surface area contributed by atoms with Gasteiger partial charge in [0, 0.05) is 10.8 Å². The molecule has 0 aliphatic carbocycles. The molecule has 0 saturated heterocycles. The van der Waals surface area contributed by atoms with Crippen LogP contribution in [0, 0.1) is 17.1 Å². The minimum absolute atomic E-state index is 0.0223. The maximum absolute atomic E-state index is 13.7. The van der Waals surface area contributed by atoms with Crippen molar-refractivity contribution in [2.24, 2.45) is 0 Å².